The summed E-state index contributed by atoms with van der Waals surface area (Å²) in [7, 11) is 1.52. The third-order valence-electron chi connectivity index (χ3n) is 6.85. The number of carbonyl (C=O) groups excluding carboxylic acids is 1. The molecule has 0 N–H and O–H groups in total. The average Bonchev–Trinajstić information content (AvgIpc) is 3.30. The van der Waals surface area contributed by atoms with Crippen LogP contribution >= 0.6 is 34.5 Å². The van der Waals surface area contributed by atoms with Gasteiger partial charge in [-0.25, -0.2) is 9.79 Å². The number of carbonyl (C=O) groups is 1. The number of ether oxygens (including phenoxy) is 4. The van der Waals surface area contributed by atoms with E-state index in [0.29, 0.717) is 60.1 Å². The van der Waals surface area contributed by atoms with Crippen LogP contribution in [0.2, 0.25) is 10.0 Å². The van der Waals surface area contributed by atoms with E-state index in [2.05, 4.69) is 4.99 Å². The van der Waals surface area contributed by atoms with Crippen LogP contribution in [-0.4, -0.2) is 30.9 Å². The summed E-state index contributed by atoms with van der Waals surface area (Å²) >= 11 is 14.0. The second-order valence-electron chi connectivity index (χ2n) is 9.76. The molecule has 5 rings (SSSR count). The third-order valence-corrected chi connectivity index (χ3v) is 8.34. The molecule has 0 fully saturated rings. The number of rotatable bonds is 10. The molecule has 11 heteroatoms. The van der Waals surface area contributed by atoms with Gasteiger partial charge in [0.15, 0.2) is 16.3 Å². The zero-order valence-corrected chi connectivity index (χ0v) is 26.9. The summed E-state index contributed by atoms with van der Waals surface area (Å²) in [5.74, 6) is 0.948. The normalized spacial score (nSPS) is 14.6. The van der Waals surface area contributed by atoms with E-state index in [1.165, 1.54) is 23.0 Å². The van der Waals surface area contributed by atoms with Gasteiger partial charge in [0, 0.05) is 5.02 Å². The lowest BCUT2D eigenvalue weighted by Crippen LogP contribution is -2.39. The molecule has 2 heterocycles. The highest BCUT2D eigenvalue weighted by Gasteiger charge is 2.33. The van der Waals surface area contributed by atoms with E-state index in [9.17, 15) is 9.59 Å². The summed E-state index contributed by atoms with van der Waals surface area (Å²) < 4.78 is 24.5. The van der Waals surface area contributed by atoms with Gasteiger partial charge in [-0.15, -0.1) is 0 Å². The van der Waals surface area contributed by atoms with E-state index in [4.69, 9.17) is 42.1 Å². The van der Waals surface area contributed by atoms with Gasteiger partial charge in [-0.3, -0.25) is 9.36 Å². The fourth-order valence-corrected chi connectivity index (χ4v) is 6.45. The lowest BCUT2D eigenvalue weighted by Gasteiger charge is -2.24. The van der Waals surface area contributed by atoms with E-state index < -0.39 is 12.0 Å². The molecule has 0 radical (unpaired) electrons. The fourth-order valence-electron chi connectivity index (χ4n) is 4.92. The van der Waals surface area contributed by atoms with E-state index in [0.717, 1.165) is 11.1 Å². The molecule has 3 aromatic carbocycles. The highest BCUT2D eigenvalue weighted by atomic mass is 35.5. The number of esters is 1. The molecular formula is C33H30Cl2N2O6S. The van der Waals surface area contributed by atoms with Gasteiger partial charge < -0.3 is 18.9 Å². The van der Waals surface area contributed by atoms with Gasteiger partial charge in [0.05, 0.1) is 47.2 Å². The van der Waals surface area contributed by atoms with Crippen LogP contribution < -0.4 is 29.1 Å². The van der Waals surface area contributed by atoms with Gasteiger partial charge in [-0.05, 0) is 79.9 Å². The molecule has 44 heavy (non-hydrogen) atoms. The number of thiazole rings is 1. The summed E-state index contributed by atoms with van der Waals surface area (Å²) in [6.07, 6.45) is 1.72. The van der Waals surface area contributed by atoms with Crippen molar-refractivity contribution >= 4 is 46.6 Å². The van der Waals surface area contributed by atoms with Crippen molar-refractivity contribution in [2.45, 2.75) is 33.4 Å². The molecule has 1 atom stereocenters. The summed E-state index contributed by atoms with van der Waals surface area (Å²) in [6, 6.07) is 17.4. The summed E-state index contributed by atoms with van der Waals surface area (Å²) in [6.45, 7) is 6.34. The Balaban J connectivity index is 1.56. The maximum absolute atomic E-state index is 14.0. The van der Waals surface area contributed by atoms with Crippen LogP contribution in [0.3, 0.4) is 0 Å². The summed E-state index contributed by atoms with van der Waals surface area (Å²) in [5, 5.41) is 0.924. The van der Waals surface area contributed by atoms with Crippen LogP contribution in [0.25, 0.3) is 6.08 Å². The first-order valence-corrected chi connectivity index (χ1v) is 15.5. The summed E-state index contributed by atoms with van der Waals surface area (Å²) in [4.78, 5) is 32.2. The molecule has 1 aliphatic heterocycles. The standard InChI is InChI=1S/C33H30Cl2N2O6S/c1-5-41-24-12-10-22(11-13-24)29-28(32(39)42-6-2)19(3)36-33-37(29)31(38)27(44-33)17-21-15-25(35)30(26(16-21)40-4)43-18-20-8-7-9-23(34)14-20/h7-17,29H,5-6,18H2,1-4H3/b27-17-/t29-/m0/s1. The molecule has 0 spiro atoms. The Kier molecular flexibility index (Phi) is 9.78. The lowest BCUT2D eigenvalue weighted by atomic mass is 9.96. The second-order valence-corrected chi connectivity index (χ2v) is 11.6. The molecular weight excluding hydrogens is 623 g/mol. The fraction of sp³-hybridized carbons (Fsp3) is 0.242. The van der Waals surface area contributed by atoms with Crippen molar-refractivity contribution in [3.05, 3.63) is 118 Å². The van der Waals surface area contributed by atoms with Gasteiger partial charge in [0.1, 0.15) is 12.4 Å². The number of benzene rings is 3. The Morgan fingerprint density at radius 2 is 1.82 bits per heavy atom. The van der Waals surface area contributed by atoms with Crippen LogP contribution in [0, 0.1) is 0 Å². The number of hydrogen-bond acceptors (Lipinski definition) is 8. The number of allylic oxidation sites excluding steroid dienone is 1. The monoisotopic (exact) mass is 652 g/mol. The Labute approximate surface area is 268 Å². The number of methoxy groups -OCH3 is 1. The number of aromatic nitrogens is 1. The highest BCUT2D eigenvalue weighted by molar-refractivity contribution is 7.07. The van der Waals surface area contributed by atoms with Crippen molar-refractivity contribution in [1.29, 1.82) is 0 Å². The van der Waals surface area contributed by atoms with Crippen molar-refractivity contribution in [1.82, 2.24) is 4.57 Å². The first-order chi connectivity index (χ1) is 21.2. The van der Waals surface area contributed by atoms with Crippen molar-refractivity contribution in [2.75, 3.05) is 20.3 Å². The lowest BCUT2D eigenvalue weighted by molar-refractivity contribution is -0.139. The number of halogens is 2. The van der Waals surface area contributed by atoms with E-state index >= 15 is 0 Å². The molecule has 0 saturated heterocycles. The van der Waals surface area contributed by atoms with E-state index in [-0.39, 0.29) is 18.8 Å². The first-order valence-electron chi connectivity index (χ1n) is 13.9. The zero-order valence-electron chi connectivity index (χ0n) is 24.6. The van der Waals surface area contributed by atoms with Gasteiger partial charge in [-0.1, -0.05) is 58.8 Å². The maximum atomic E-state index is 14.0. The molecule has 1 aromatic heterocycles. The Morgan fingerprint density at radius 3 is 2.50 bits per heavy atom. The van der Waals surface area contributed by atoms with Crippen LogP contribution in [-0.2, 0) is 16.1 Å². The molecule has 8 nitrogen and oxygen atoms in total. The largest absolute Gasteiger partial charge is 0.494 e. The zero-order chi connectivity index (χ0) is 31.4. The third kappa shape index (κ3) is 6.55. The van der Waals surface area contributed by atoms with Crippen LogP contribution in [0.5, 0.6) is 17.2 Å². The van der Waals surface area contributed by atoms with Gasteiger partial charge >= 0.3 is 5.97 Å². The number of hydrogen-bond donors (Lipinski definition) is 0. The molecule has 0 aliphatic carbocycles. The van der Waals surface area contributed by atoms with E-state index in [1.807, 2.05) is 49.4 Å². The molecule has 4 aromatic rings. The predicted molar refractivity (Wildman–Crippen MR) is 172 cm³/mol. The van der Waals surface area contributed by atoms with Gasteiger partial charge in [0.2, 0.25) is 0 Å². The smallest absolute Gasteiger partial charge is 0.338 e. The van der Waals surface area contributed by atoms with Crippen LogP contribution in [0.15, 0.2) is 81.7 Å². The second kappa shape index (κ2) is 13.7. The Morgan fingerprint density at radius 1 is 1.05 bits per heavy atom. The Bertz CT molecular complexity index is 1910. The van der Waals surface area contributed by atoms with Crippen LogP contribution in [0.4, 0.5) is 0 Å². The van der Waals surface area contributed by atoms with Crippen molar-refractivity contribution in [2.24, 2.45) is 4.99 Å². The number of fused-ring (bicyclic) bond motifs is 1. The minimum absolute atomic E-state index is 0.192. The SMILES string of the molecule is CCOC(=O)C1=C(C)N=c2s/c(=C\c3cc(Cl)c(OCc4cccc(Cl)c4)c(OC)c3)c(=O)n2[C@H]1c1ccc(OCC)cc1. The van der Waals surface area contributed by atoms with Crippen molar-refractivity contribution < 1.29 is 23.7 Å². The quantitative estimate of drug-likeness (QED) is 0.193. The summed E-state index contributed by atoms with van der Waals surface area (Å²) in [5.41, 5.74) is 2.72. The average molecular weight is 654 g/mol. The molecule has 0 unspecified atom stereocenters. The van der Waals surface area contributed by atoms with E-state index in [1.54, 1.807) is 38.1 Å². The molecule has 0 saturated carbocycles. The highest BCUT2D eigenvalue weighted by Crippen LogP contribution is 2.37. The molecule has 0 amide bonds. The van der Waals surface area contributed by atoms with Gasteiger partial charge in [-0.2, -0.15) is 0 Å². The van der Waals surface area contributed by atoms with Crippen LogP contribution in [0.1, 0.15) is 43.5 Å². The van der Waals surface area contributed by atoms with Crippen molar-refractivity contribution in [3.8, 4) is 17.2 Å². The predicted octanol–water partition coefficient (Wildman–Crippen LogP) is 6.09. The minimum atomic E-state index is -0.733. The molecule has 1 aliphatic rings. The molecule has 228 valence electrons. The van der Waals surface area contributed by atoms with Gasteiger partial charge in [0.25, 0.3) is 5.56 Å². The molecule has 0 bridgehead atoms. The van der Waals surface area contributed by atoms with Crippen molar-refractivity contribution in [3.63, 3.8) is 0 Å². The number of nitrogens with zero attached hydrogens (tertiary/aromatic N) is 2. The minimum Gasteiger partial charge on any atom is -0.494 e. The topological polar surface area (TPSA) is 88.4 Å². The Hall–Kier alpha value is -4.05. The maximum Gasteiger partial charge on any atom is 0.338 e. The first kappa shape index (κ1) is 31.4.